The van der Waals surface area contributed by atoms with Gasteiger partial charge in [0.15, 0.2) is 5.13 Å². The van der Waals surface area contributed by atoms with Crippen LogP contribution in [-0.2, 0) is 19.0 Å². The van der Waals surface area contributed by atoms with Crippen molar-refractivity contribution in [1.82, 2.24) is 9.97 Å². The van der Waals surface area contributed by atoms with Gasteiger partial charge in [0, 0.05) is 22.7 Å². The van der Waals surface area contributed by atoms with Crippen LogP contribution in [-0.4, -0.2) is 15.9 Å². The zero-order valence-corrected chi connectivity index (χ0v) is 18.3. The average molecular weight is 455 g/mol. The number of aromatic nitrogens is 2. The summed E-state index contributed by atoms with van der Waals surface area (Å²) in [5.74, 6) is -0.470. The molecule has 3 heterocycles. The summed E-state index contributed by atoms with van der Waals surface area (Å²) >= 11 is 2.11. The fraction of sp³-hybridized carbons (Fsp3) is 0.450. The van der Waals surface area contributed by atoms with Gasteiger partial charge in [-0.3, -0.25) is 10.1 Å². The predicted octanol–water partition coefficient (Wildman–Crippen LogP) is 5.76. The van der Waals surface area contributed by atoms with Crippen molar-refractivity contribution in [3.05, 3.63) is 33.3 Å². The van der Waals surface area contributed by atoms with Crippen molar-refractivity contribution >= 4 is 49.6 Å². The lowest BCUT2D eigenvalue weighted by Crippen LogP contribution is -2.29. The highest BCUT2D eigenvalue weighted by atomic mass is 32.1. The van der Waals surface area contributed by atoms with Crippen LogP contribution in [0.3, 0.4) is 0 Å². The molecule has 0 radical (unpaired) electrons. The number of nitrogens with two attached hydrogens (primary N) is 1. The van der Waals surface area contributed by atoms with Crippen LogP contribution in [0.15, 0.2) is 11.6 Å². The molecule has 1 aliphatic carbocycles. The molecule has 0 spiro atoms. The van der Waals surface area contributed by atoms with Gasteiger partial charge in [0.05, 0.1) is 11.3 Å². The Morgan fingerprint density at radius 1 is 1.30 bits per heavy atom. The summed E-state index contributed by atoms with van der Waals surface area (Å²) in [5, 5.41) is 4.46. The van der Waals surface area contributed by atoms with Crippen molar-refractivity contribution in [2.75, 3.05) is 11.1 Å². The molecule has 0 aliphatic heterocycles. The Balaban J connectivity index is 1.87. The van der Waals surface area contributed by atoms with E-state index in [9.17, 15) is 18.0 Å². The zero-order valence-electron chi connectivity index (χ0n) is 16.7. The number of pyridine rings is 1. The number of thiazole rings is 1. The molecule has 10 heteroatoms. The smallest absolute Gasteiger partial charge is 0.397 e. The lowest BCUT2D eigenvalue weighted by atomic mass is 9.70. The summed E-state index contributed by atoms with van der Waals surface area (Å²) < 4.78 is 42.7. The molecule has 5 nitrogen and oxygen atoms in total. The number of hydrogen-bond acceptors (Lipinski definition) is 6. The molecule has 0 unspecified atom stereocenters. The minimum atomic E-state index is -4.59. The monoisotopic (exact) mass is 454 g/mol. The second kappa shape index (κ2) is 7.19. The molecule has 3 aromatic rings. The van der Waals surface area contributed by atoms with Crippen LogP contribution in [0.2, 0.25) is 0 Å². The molecular weight excluding hydrogens is 433 g/mol. The second-order valence-corrected chi connectivity index (χ2v) is 10.4. The molecule has 3 aromatic heterocycles. The number of carbonyl (C=O) groups is 1. The molecule has 1 amide bonds. The van der Waals surface area contributed by atoms with Gasteiger partial charge in [-0.25, -0.2) is 9.97 Å². The van der Waals surface area contributed by atoms with Crippen molar-refractivity contribution in [2.45, 2.75) is 46.2 Å². The number of anilines is 2. The first-order valence-electron chi connectivity index (χ1n) is 9.48. The summed E-state index contributed by atoms with van der Waals surface area (Å²) in [4.78, 5) is 21.3. The highest BCUT2D eigenvalue weighted by molar-refractivity contribution is 7.21. The van der Waals surface area contributed by atoms with Crippen LogP contribution in [0.4, 0.5) is 24.0 Å². The maximum atomic E-state index is 14.2. The van der Waals surface area contributed by atoms with Crippen molar-refractivity contribution in [1.29, 1.82) is 0 Å². The minimum Gasteiger partial charge on any atom is -0.397 e. The number of thiophene rings is 1. The molecule has 160 valence electrons. The van der Waals surface area contributed by atoms with E-state index in [4.69, 9.17) is 5.73 Å². The van der Waals surface area contributed by atoms with E-state index in [0.717, 1.165) is 17.8 Å². The topological polar surface area (TPSA) is 80.9 Å². The number of hydrogen-bond donors (Lipinski definition) is 2. The van der Waals surface area contributed by atoms with Crippen LogP contribution in [0.25, 0.3) is 10.2 Å². The molecule has 0 bridgehead atoms. The van der Waals surface area contributed by atoms with Crippen LogP contribution >= 0.6 is 22.7 Å². The van der Waals surface area contributed by atoms with Crippen LogP contribution < -0.4 is 11.1 Å². The quantitative estimate of drug-likeness (QED) is 0.516. The van der Waals surface area contributed by atoms with Gasteiger partial charge < -0.3 is 5.73 Å². The van der Waals surface area contributed by atoms with Crippen molar-refractivity contribution in [2.24, 2.45) is 11.3 Å². The Bertz CT molecular complexity index is 1110. The number of amides is 1. The Labute approximate surface area is 179 Å². The number of alkyl halides is 3. The number of nitrogens with zero attached hydrogens (tertiary/aromatic N) is 2. The first-order chi connectivity index (χ1) is 14.0. The molecule has 0 saturated heterocycles. The number of nitrogen functional groups attached to an aromatic ring is 1. The zero-order chi connectivity index (χ0) is 21.8. The van der Waals surface area contributed by atoms with Gasteiger partial charge in [-0.2, -0.15) is 13.2 Å². The molecule has 0 saturated carbocycles. The number of aryl methyl sites for hydroxylation is 1. The van der Waals surface area contributed by atoms with E-state index in [0.29, 0.717) is 23.7 Å². The minimum absolute atomic E-state index is 0.0212. The Hall–Kier alpha value is -2.20. The first kappa shape index (κ1) is 21.0. The fourth-order valence-electron chi connectivity index (χ4n) is 3.98. The lowest BCUT2D eigenvalue weighted by molar-refractivity contribution is -0.137. The summed E-state index contributed by atoms with van der Waals surface area (Å²) in [6, 6.07) is 0. The lowest BCUT2D eigenvalue weighted by Gasteiger charge is -2.35. The van der Waals surface area contributed by atoms with Gasteiger partial charge in [0.1, 0.15) is 9.71 Å². The Morgan fingerprint density at radius 2 is 2.03 bits per heavy atom. The SMILES string of the molecule is CC(C)(C)[C@@H]1CCc2nc3sc(C(=O)Nc4nccs4)c(N)c3c(C(F)(F)F)c2C1. The summed E-state index contributed by atoms with van der Waals surface area (Å²) in [5.41, 5.74) is 5.76. The largest absolute Gasteiger partial charge is 0.417 e. The van der Waals surface area contributed by atoms with E-state index in [-0.39, 0.29) is 37.7 Å². The maximum absolute atomic E-state index is 14.2. The highest BCUT2D eigenvalue weighted by Crippen LogP contribution is 2.48. The highest BCUT2D eigenvalue weighted by Gasteiger charge is 2.42. The van der Waals surface area contributed by atoms with Gasteiger partial charge >= 0.3 is 6.18 Å². The number of fused-ring (bicyclic) bond motifs is 2. The number of carbonyl (C=O) groups excluding carboxylic acids is 1. The predicted molar refractivity (Wildman–Crippen MR) is 114 cm³/mol. The molecule has 4 rings (SSSR count). The van der Waals surface area contributed by atoms with Gasteiger partial charge in [-0.05, 0) is 36.2 Å². The molecule has 3 N–H and O–H groups in total. The number of halogens is 3. The molecule has 1 atom stereocenters. The number of nitrogens with one attached hydrogen (secondary N) is 1. The van der Waals surface area contributed by atoms with E-state index >= 15 is 0 Å². The summed E-state index contributed by atoms with van der Waals surface area (Å²) in [6.07, 6.45) is -1.51. The molecule has 0 fully saturated rings. The third-order valence-corrected chi connectivity index (χ3v) is 7.40. The average Bonchev–Trinajstić information content (AvgIpc) is 3.25. The van der Waals surface area contributed by atoms with Gasteiger partial charge in [-0.1, -0.05) is 20.8 Å². The molecular formula is C20H21F3N4OS2. The maximum Gasteiger partial charge on any atom is 0.417 e. The van der Waals surface area contributed by atoms with Crippen LogP contribution in [0.5, 0.6) is 0 Å². The van der Waals surface area contributed by atoms with Crippen molar-refractivity contribution in [3.63, 3.8) is 0 Å². The van der Waals surface area contributed by atoms with E-state index in [1.54, 1.807) is 5.38 Å². The second-order valence-electron chi connectivity index (χ2n) is 8.53. The molecule has 30 heavy (non-hydrogen) atoms. The van der Waals surface area contributed by atoms with Gasteiger partial charge in [-0.15, -0.1) is 22.7 Å². The third-order valence-electron chi connectivity index (χ3n) is 5.61. The Kier molecular flexibility index (Phi) is 5.05. The van der Waals surface area contributed by atoms with Crippen molar-refractivity contribution < 1.29 is 18.0 Å². The van der Waals surface area contributed by atoms with Crippen molar-refractivity contribution in [3.8, 4) is 0 Å². The Morgan fingerprint density at radius 3 is 2.63 bits per heavy atom. The van der Waals surface area contributed by atoms with E-state index in [2.05, 4.69) is 15.3 Å². The van der Waals surface area contributed by atoms with E-state index < -0.39 is 17.6 Å². The fourth-order valence-corrected chi connectivity index (χ4v) is 5.53. The normalized spacial score (nSPS) is 17.2. The standard InChI is InChI=1S/C20H21F3N4OS2/c1-19(2,3)9-4-5-11-10(8-9)13(20(21,22)23)12-14(24)15(30-17(12)26-11)16(28)27-18-25-6-7-29-18/h6-7,9H,4-5,8,24H2,1-3H3,(H,25,27,28)/t9-/m1/s1. The van der Waals surface area contributed by atoms with Gasteiger partial charge in [0.25, 0.3) is 5.91 Å². The van der Waals surface area contributed by atoms with E-state index in [1.165, 1.54) is 17.5 Å². The van der Waals surface area contributed by atoms with Crippen LogP contribution in [0.1, 0.15) is 53.7 Å². The molecule has 1 aliphatic rings. The summed E-state index contributed by atoms with van der Waals surface area (Å²) in [6.45, 7) is 6.13. The third kappa shape index (κ3) is 3.66. The first-order valence-corrected chi connectivity index (χ1v) is 11.2. The van der Waals surface area contributed by atoms with Gasteiger partial charge in [0.2, 0.25) is 0 Å². The summed E-state index contributed by atoms with van der Waals surface area (Å²) in [7, 11) is 0. The van der Waals surface area contributed by atoms with E-state index in [1.807, 2.05) is 20.8 Å². The number of rotatable bonds is 2. The molecule has 0 aromatic carbocycles. The van der Waals surface area contributed by atoms with Crippen LogP contribution in [0, 0.1) is 11.3 Å².